The lowest BCUT2D eigenvalue weighted by atomic mass is 9.76. The Labute approximate surface area is 188 Å². The van der Waals surface area contributed by atoms with E-state index < -0.39 is 29.4 Å². The summed E-state index contributed by atoms with van der Waals surface area (Å²) in [5.74, 6) is -2.59. The first kappa shape index (κ1) is 22.2. The molecule has 2 saturated heterocycles. The van der Waals surface area contributed by atoms with E-state index in [0.29, 0.717) is 12.1 Å². The summed E-state index contributed by atoms with van der Waals surface area (Å²) in [6.45, 7) is 5.99. The van der Waals surface area contributed by atoms with Crippen LogP contribution in [0.5, 0.6) is 0 Å². The highest BCUT2D eigenvalue weighted by atomic mass is 16.5. The fraction of sp³-hybridized carbons (Fsp3) is 0.423. The number of hydrogen-bond acceptors (Lipinski definition) is 5. The molecule has 4 rings (SSSR count). The second-order valence-electron chi connectivity index (χ2n) is 8.95. The molecule has 6 nitrogen and oxygen atoms in total. The molecule has 168 valence electrons. The van der Waals surface area contributed by atoms with Gasteiger partial charge in [-0.2, -0.15) is 0 Å². The van der Waals surface area contributed by atoms with Crippen molar-refractivity contribution in [3.8, 4) is 0 Å². The molecule has 2 heterocycles. The number of ether oxygens (including phenoxy) is 1. The zero-order chi connectivity index (χ0) is 23.0. The number of methoxy groups -OCH3 is 1. The van der Waals surface area contributed by atoms with Crippen LogP contribution in [-0.4, -0.2) is 30.4 Å². The minimum atomic E-state index is -1.24. The molecular weight excluding hydrogens is 404 g/mol. The van der Waals surface area contributed by atoms with E-state index in [1.807, 2.05) is 57.2 Å². The van der Waals surface area contributed by atoms with E-state index in [1.54, 1.807) is 12.1 Å². The van der Waals surface area contributed by atoms with Crippen LogP contribution in [0.1, 0.15) is 48.9 Å². The number of amides is 2. The SMILES string of the molecule is CCCC[C@]1(C(=O)OC)N[C@H](c2ccc(C)cc2)[C@@H]2C(=O)N(c3ccc(C)cc3)C(=O)[C@@H]21. The lowest BCUT2D eigenvalue weighted by molar-refractivity contribution is -0.152. The van der Waals surface area contributed by atoms with Crippen molar-refractivity contribution < 1.29 is 19.1 Å². The van der Waals surface area contributed by atoms with Crippen LogP contribution in [0.3, 0.4) is 0 Å². The van der Waals surface area contributed by atoms with E-state index in [-0.39, 0.29) is 11.8 Å². The molecule has 2 aliphatic rings. The molecule has 6 heteroatoms. The minimum Gasteiger partial charge on any atom is -0.468 e. The summed E-state index contributed by atoms with van der Waals surface area (Å²) in [6, 6.07) is 14.8. The van der Waals surface area contributed by atoms with Gasteiger partial charge < -0.3 is 4.74 Å². The minimum absolute atomic E-state index is 0.274. The Morgan fingerprint density at radius 2 is 1.59 bits per heavy atom. The number of unbranched alkanes of at least 4 members (excludes halogenated alkanes) is 1. The molecule has 2 aliphatic heterocycles. The van der Waals surface area contributed by atoms with Gasteiger partial charge in [0.25, 0.3) is 0 Å². The maximum absolute atomic E-state index is 13.8. The molecule has 2 fully saturated rings. The van der Waals surface area contributed by atoms with Gasteiger partial charge in [0.1, 0.15) is 5.54 Å². The Morgan fingerprint density at radius 1 is 1.00 bits per heavy atom. The molecular formula is C26H30N2O4. The summed E-state index contributed by atoms with van der Waals surface area (Å²) < 4.78 is 5.20. The zero-order valence-corrected chi connectivity index (χ0v) is 19.1. The molecule has 4 atom stereocenters. The summed E-state index contributed by atoms with van der Waals surface area (Å²) >= 11 is 0. The maximum atomic E-state index is 13.8. The first-order valence-electron chi connectivity index (χ1n) is 11.2. The van der Waals surface area contributed by atoms with E-state index in [9.17, 15) is 14.4 Å². The molecule has 2 amide bonds. The highest BCUT2D eigenvalue weighted by Crippen LogP contribution is 2.51. The average molecular weight is 435 g/mol. The predicted octanol–water partition coefficient (Wildman–Crippen LogP) is 3.86. The molecule has 0 saturated carbocycles. The normalized spacial score (nSPS) is 27.0. The largest absolute Gasteiger partial charge is 0.468 e. The third kappa shape index (κ3) is 3.43. The molecule has 0 spiro atoms. The van der Waals surface area contributed by atoms with E-state index in [1.165, 1.54) is 12.0 Å². The smallest absolute Gasteiger partial charge is 0.326 e. The number of anilines is 1. The van der Waals surface area contributed by atoms with E-state index in [2.05, 4.69) is 5.32 Å². The molecule has 0 unspecified atom stereocenters. The highest BCUT2D eigenvalue weighted by Gasteiger charge is 2.68. The van der Waals surface area contributed by atoms with Gasteiger partial charge in [-0.05, 0) is 38.0 Å². The standard InChI is InChI=1S/C26H30N2O4/c1-5-6-15-26(25(31)32-4)21-20(22(27-26)18-11-7-16(2)8-12-18)23(29)28(24(21)30)19-13-9-17(3)10-14-19/h7-14,20-22,27H,5-6,15H2,1-4H3/t20-,21-,22-,26+/m1/s1. The number of nitrogens with one attached hydrogen (secondary N) is 1. The molecule has 32 heavy (non-hydrogen) atoms. The summed E-state index contributed by atoms with van der Waals surface area (Å²) in [5, 5.41) is 3.43. The Hall–Kier alpha value is -2.99. The van der Waals surface area contributed by atoms with E-state index >= 15 is 0 Å². The van der Waals surface area contributed by atoms with Crippen molar-refractivity contribution in [2.75, 3.05) is 12.0 Å². The lowest BCUT2D eigenvalue weighted by Crippen LogP contribution is -2.56. The summed E-state index contributed by atoms with van der Waals surface area (Å²) in [6.07, 6.45) is 2.02. The second kappa shape index (κ2) is 8.51. The molecule has 0 radical (unpaired) electrons. The van der Waals surface area contributed by atoms with Crippen LogP contribution in [0, 0.1) is 25.7 Å². The van der Waals surface area contributed by atoms with E-state index in [0.717, 1.165) is 29.5 Å². The van der Waals surface area contributed by atoms with Gasteiger partial charge in [0.05, 0.1) is 24.6 Å². The fourth-order valence-electron chi connectivity index (χ4n) is 5.17. The van der Waals surface area contributed by atoms with E-state index in [4.69, 9.17) is 4.74 Å². The van der Waals surface area contributed by atoms with Gasteiger partial charge >= 0.3 is 5.97 Å². The molecule has 0 aliphatic carbocycles. The lowest BCUT2D eigenvalue weighted by Gasteiger charge is -2.32. The molecule has 0 bridgehead atoms. The third-order valence-corrected chi connectivity index (χ3v) is 6.86. The number of carbonyl (C=O) groups excluding carboxylic acids is 3. The number of benzene rings is 2. The Kier molecular flexibility index (Phi) is 5.91. The summed E-state index contributed by atoms with van der Waals surface area (Å²) in [5.41, 5.74) is 2.33. The number of fused-ring (bicyclic) bond motifs is 1. The monoisotopic (exact) mass is 434 g/mol. The van der Waals surface area contributed by atoms with Crippen molar-refractivity contribution in [3.05, 3.63) is 65.2 Å². The maximum Gasteiger partial charge on any atom is 0.326 e. The third-order valence-electron chi connectivity index (χ3n) is 6.86. The van der Waals surface area contributed by atoms with Crippen LogP contribution in [0.25, 0.3) is 0 Å². The van der Waals surface area contributed by atoms with Gasteiger partial charge in [0.15, 0.2) is 0 Å². The highest BCUT2D eigenvalue weighted by molar-refractivity contribution is 6.24. The van der Waals surface area contributed by atoms with Crippen molar-refractivity contribution in [1.29, 1.82) is 0 Å². The van der Waals surface area contributed by atoms with Crippen LogP contribution >= 0.6 is 0 Å². The average Bonchev–Trinajstić information content (AvgIpc) is 3.27. The van der Waals surface area contributed by atoms with Crippen molar-refractivity contribution >= 4 is 23.5 Å². The van der Waals surface area contributed by atoms with Gasteiger partial charge in [-0.1, -0.05) is 67.3 Å². The van der Waals surface area contributed by atoms with Gasteiger partial charge in [-0.3, -0.25) is 19.7 Å². The topological polar surface area (TPSA) is 75.7 Å². The quantitative estimate of drug-likeness (QED) is 0.552. The Morgan fingerprint density at radius 3 is 2.16 bits per heavy atom. The number of rotatable bonds is 6. The van der Waals surface area contributed by atoms with Crippen LogP contribution < -0.4 is 10.2 Å². The van der Waals surface area contributed by atoms with Crippen molar-refractivity contribution in [1.82, 2.24) is 5.32 Å². The molecule has 0 aromatic heterocycles. The summed E-state index contributed by atoms with van der Waals surface area (Å²) in [7, 11) is 1.34. The number of imide groups is 1. The summed E-state index contributed by atoms with van der Waals surface area (Å²) in [4.78, 5) is 41.9. The number of nitrogens with zero attached hydrogens (tertiary/aromatic N) is 1. The van der Waals surface area contributed by atoms with Gasteiger partial charge in [-0.25, -0.2) is 4.90 Å². The second-order valence-corrected chi connectivity index (χ2v) is 8.95. The first-order chi connectivity index (χ1) is 15.3. The Bertz CT molecular complexity index is 1030. The van der Waals surface area contributed by atoms with Gasteiger partial charge in [-0.15, -0.1) is 0 Å². The van der Waals surface area contributed by atoms with Crippen molar-refractivity contribution in [3.63, 3.8) is 0 Å². The number of hydrogen-bond donors (Lipinski definition) is 1. The van der Waals surface area contributed by atoms with Crippen molar-refractivity contribution in [2.24, 2.45) is 11.8 Å². The molecule has 1 N–H and O–H groups in total. The van der Waals surface area contributed by atoms with Crippen molar-refractivity contribution in [2.45, 2.75) is 51.6 Å². The van der Waals surface area contributed by atoms with Crippen LogP contribution in [0.15, 0.2) is 48.5 Å². The van der Waals surface area contributed by atoms with Crippen LogP contribution in [0.2, 0.25) is 0 Å². The first-order valence-corrected chi connectivity index (χ1v) is 11.2. The zero-order valence-electron chi connectivity index (χ0n) is 19.1. The predicted molar refractivity (Wildman–Crippen MR) is 122 cm³/mol. The molecule has 2 aromatic carbocycles. The van der Waals surface area contributed by atoms with Gasteiger partial charge in [0, 0.05) is 6.04 Å². The Balaban J connectivity index is 1.85. The number of carbonyl (C=O) groups is 3. The number of esters is 1. The fourth-order valence-corrected chi connectivity index (χ4v) is 5.17. The van der Waals surface area contributed by atoms with Crippen LogP contribution in [-0.2, 0) is 19.1 Å². The van der Waals surface area contributed by atoms with Gasteiger partial charge in [0.2, 0.25) is 11.8 Å². The number of aryl methyl sites for hydroxylation is 2. The van der Waals surface area contributed by atoms with Crippen LogP contribution in [0.4, 0.5) is 5.69 Å². The molecule has 2 aromatic rings.